The predicted octanol–water partition coefficient (Wildman–Crippen LogP) is 1.62. The highest BCUT2D eigenvalue weighted by Gasteiger charge is 1.99. The van der Waals surface area contributed by atoms with Crippen LogP contribution in [0.25, 0.3) is 6.08 Å². The number of hydrogen-bond donors (Lipinski definition) is 2. The minimum atomic E-state index is -0.893. The van der Waals surface area contributed by atoms with Crippen LogP contribution in [0.1, 0.15) is 15.9 Å². The number of benzene rings is 1. The van der Waals surface area contributed by atoms with Crippen LogP contribution in [0.4, 0.5) is 0 Å². The van der Waals surface area contributed by atoms with Crippen molar-refractivity contribution in [2.24, 2.45) is 0 Å². The van der Waals surface area contributed by atoms with Gasteiger partial charge < -0.3 is 10.4 Å². The summed E-state index contributed by atoms with van der Waals surface area (Å²) < 4.78 is 0. The van der Waals surface area contributed by atoms with Crippen molar-refractivity contribution in [3.63, 3.8) is 0 Å². The molecule has 1 aromatic rings. The van der Waals surface area contributed by atoms with Crippen LogP contribution in [-0.2, 0) is 0 Å². The fourth-order valence-corrected chi connectivity index (χ4v) is 1.05. The van der Waals surface area contributed by atoms with Gasteiger partial charge in [-0.05, 0) is 24.7 Å². The highest BCUT2D eigenvalue weighted by atomic mass is 16.4. The van der Waals surface area contributed by atoms with Crippen LogP contribution < -0.4 is 5.32 Å². The third-order valence-electron chi connectivity index (χ3n) is 1.79. The van der Waals surface area contributed by atoms with E-state index in [-0.39, 0.29) is 0 Å². The van der Waals surface area contributed by atoms with Gasteiger partial charge in [-0.15, -0.1) is 0 Å². The minimum Gasteiger partial charge on any atom is -0.478 e. The van der Waals surface area contributed by atoms with Gasteiger partial charge in [-0.2, -0.15) is 0 Å². The molecule has 1 aromatic carbocycles. The van der Waals surface area contributed by atoms with Crippen LogP contribution in [-0.4, -0.2) is 24.7 Å². The molecule has 0 aliphatic carbocycles. The maximum atomic E-state index is 10.5. The Balaban J connectivity index is 2.68. The summed E-state index contributed by atoms with van der Waals surface area (Å²) in [6.45, 7) is 0.806. The molecule has 0 saturated heterocycles. The average molecular weight is 191 g/mol. The Morgan fingerprint density at radius 3 is 2.57 bits per heavy atom. The van der Waals surface area contributed by atoms with Gasteiger partial charge in [0.1, 0.15) is 0 Å². The fraction of sp³-hybridized carbons (Fsp3) is 0.182. The molecule has 0 amide bonds. The molecular weight excluding hydrogens is 178 g/mol. The quantitative estimate of drug-likeness (QED) is 0.760. The van der Waals surface area contributed by atoms with Crippen molar-refractivity contribution in [2.45, 2.75) is 0 Å². The molecule has 0 aliphatic heterocycles. The van der Waals surface area contributed by atoms with E-state index in [0.717, 1.165) is 12.1 Å². The van der Waals surface area contributed by atoms with Crippen molar-refractivity contribution in [1.29, 1.82) is 0 Å². The summed E-state index contributed by atoms with van der Waals surface area (Å²) in [4.78, 5) is 10.5. The van der Waals surface area contributed by atoms with Crippen molar-refractivity contribution >= 4 is 12.0 Å². The van der Waals surface area contributed by atoms with Crippen molar-refractivity contribution in [3.05, 3.63) is 41.5 Å². The number of aromatic carboxylic acids is 1. The Kier molecular flexibility index (Phi) is 3.88. The number of carbonyl (C=O) groups is 1. The molecule has 0 unspecified atom stereocenters. The highest BCUT2D eigenvalue weighted by molar-refractivity contribution is 5.87. The first-order valence-corrected chi connectivity index (χ1v) is 4.38. The Morgan fingerprint density at radius 1 is 1.43 bits per heavy atom. The largest absolute Gasteiger partial charge is 0.478 e. The highest BCUT2D eigenvalue weighted by Crippen LogP contribution is 2.05. The molecule has 0 saturated carbocycles. The molecule has 3 nitrogen and oxygen atoms in total. The summed E-state index contributed by atoms with van der Waals surface area (Å²) in [5.41, 5.74) is 1.32. The monoisotopic (exact) mass is 191 g/mol. The minimum absolute atomic E-state index is 0.316. The molecule has 0 spiro atoms. The first-order valence-electron chi connectivity index (χ1n) is 4.38. The zero-order valence-electron chi connectivity index (χ0n) is 8.03. The molecule has 1 rings (SSSR count). The summed E-state index contributed by atoms with van der Waals surface area (Å²) in [7, 11) is 1.87. The van der Waals surface area contributed by atoms with E-state index in [4.69, 9.17) is 5.11 Å². The summed E-state index contributed by atoms with van der Waals surface area (Å²) in [5, 5.41) is 11.6. The number of carboxylic acids is 1. The van der Waals surface area contributed by atoms with E-state index in [1.54, 1.807) is 24.3 Å². The van der Waals surface area contributed by atoms with E-state index < -0.39 is 5.97 Å². The van der Waals surface area contributed by atoms with Crippen LogP contribution in [0, 0.1) is 0 Å². The van der Waals surface area contributed by atoms with E-state index in [2.05, 4.69) is 5.32 Å². The molecule has 2 N–H and O–H groups in total. The lowest BCUT2D eigenvalue weighted by Crippen LogP contribution is -2.03. The van der Waals surface area contributed by atoms with Crippen LogP contribution in [0.15, 0.2) is 30.3 Å². The zero-order valence-corrected chi connectivity index (χ0v) is 8.03. The fourth-order valence-electron chi connectivity index (χ4n) is 1.05. The number of carboxylic acid groups (broad SMARTS) is 1. The standard InChI is InChI=1S/C11H13NO2/c1-12-8-2-3-9-4-6-10(7-5-9)11(13)14/h2-7,12H,8H2,1H3,(H,13,14). The van der Waals surface area contributed by atoms with E-state index in [1.807, 2.05) is 19.2 Å². The first kappa shape index (κ1) is 10.5. The molecule has 0 heterocycles. The normalized spacial score (nSPS) is 10.6. The second kappa shape index (κ2) is 5.19. The SMILES string of the molecule is CNCC=Cc1ccc(C(=O)O)cc1. The lowest BCUT2D eigenvalue weighted by molar-refractivity contribution is 0.0697. The number of hydrogen-bond acceptors (Lipinski definition) is 2. The summed E-state index contributed by atoms with van der Waals surface area (Å²) in [6, 6.07) is 6.77. The van der Waals surface area contributed by atoms with E-state index in [0.29, 0.717) is 5.56 Å². The van der Waals surface area contributed by atoms with E-state index in [1.165, 1.54) is 0 Å². The molecule has 0 radical (unpaired) electrons. The van der Waals surface area contributed by atoms with Gasteiger partial charge in [0.05, 0.1) is 5.56 Å². The summed E-state index contributed by atoms with van der Waals surface area (Å²) >= 11 is 0. The predicted molar refractivity (Wildman–Crippen MR) is 56.4 cm³/mol. The Hall–Kier alpha value is -1.61. The van der Waals surface area contributed by atoms with Crippen molar-refractivity contribution in [2.75, 3.05) is 13.6 Å². The van der Waals surface area contributed by atoms with Crippen LogP contribution in [0.5, 0.6) is 0 Å². The summed E-state index contributed by atoms with van der Waals surface area (Å²) in [5.74, 6) is -0.893. The average Bonchev–Trinajstić information content (AvgIpc) is 2.19. The Bertz CT molecular complexity index is 328. The Morgan fingerprint density at radius 2 is 2.07 bits per heavy atom. The van der Waals surface area contributed by atoms with Gasteiger partial charge in [0.15, 0.2) is 0 Å². The second-order valence-corrected chi connectivity index (χ2v) is 2.89. The molecule has 0 aliphatic rings. The third-order valence-corrected chi connectivity index (χ3v) is 1.79. The lowest BCUT2D eigenvalue weighted by atomic mass is 10.1. The van der Waals surface area contributed by atoms with Crippen molar-refractivity contribution < 1.29 is 9.90 Å². The van der Waals surface area contributed by atoms with Crippen molar-refractivity contribution in [3.8, 4) is 0 Å². The van der Waals surface area contributed by atoms with Crippen LogP contribution in [0.3, 0.4) is 0 Å². The molecular formula is C11H13NO2. The van der Waals surface area contributed by atoms with Gasteiger partial charge in [-0.1, -0.05) is 24.3 Å². The van der Waals surface area contributed by atoms with Gasteiger partial charge in [-0.3, -0.25) is 0 Å². The first-order chi connectivity index (χ1) is 6.74. The maximum absolute atomic E-state index is 10.5. The molecule has 0 fully saturated rings. The zero-order chi connectivity index (χ0) is 10.4. The third kappa shape index (κ3) is 3.03. The van der Waals surface area contributed by atoms with E-state index >= 15 is 0 Å². The number of likely N-dealkylation sites (N-methyl/N-ethyl adjacent to an activating group) is 1. The van der Waals surface area contributed by atoms with E-state index in [9.17, 15) is 4.79 Å². The van der Waals surface area contributed by atoms with Crippen LogP contribution >= 0.6 is 0 Å². The molecule has 74 valence electrons. The van der Waals surface area contributed by atoms with Gasteiger partial charge in [0, 0.05) is 6.54 Å². The molecule has 3 heteroatoms. The molecule has 0 bridgehead atoms. The Labute approximate surface area is 83.1 Å². The smallest absolute Gasteiger partial charge is 0.335 e. The molecule has 14 heavy (non-hydrogen) atoms. The number of rotatable bonds is 4. The van der Waals surface area contributed by atoms with Gasteiger partial charge in [0.2, 0.25) is 0 Å². The topological polar surface area (TPSA) is 49.3 Å². The molecule has 0 atom stereocenters. The van der Waals surface area contributed by atoms with Crippen molar-refractivity contribution in [1.82, 2.24) is 5.32 Å². The van der Waals surface area contributed by atoms with Gasteiger partial charge in [-0.25, -0.2) is 4.79 Å². The van der Waals surface area contributed by atoms with Gasteiger partial charge in [0.25, 0.3) is 0 Å². The summed E-state index contributed by atoms with van der Waals surface area (Å²) in [6.07, 6.45) is 3.93. The second-order valence-electron chi connectivity index (χ2n) is 2.89. The van der Waals surface area contributed by atoms with Crippen LogP contribution in [0.2, 0.25) is 0 Å². The number of nitrogens with one attached hydrogen (secondary N) is 1. The molecule has 0 aromatic heterocycles. The van der Waals surface area contributed by atoms with Gasteiger partial charge >= 0.3 is 5.97 Å². The maximum Gasteiger partial charge on any atom is 0.335 e. The lowest BCUT2D eigenvalue weighted by Gasteiger charge is -1.95.